The van der Waals surface area contributed by atoms with Crippen LogP contribution in [0, 0.1) is 5.92 Å². The molecule has 3 heterocycles. The second-order valence-corrected chi connectivity index (χ2v) is 9.66. The molecule has 1 aromatic heterocycles. The Morgan fingerprint density at radius 1 is 1.06 bits per heavy atom. The van der Waals surface area contributed by atoms with Crippen molar-refractivity contribution in [1.29, 1.82) is 0 Å². The molecule has 7 nitrogen and oxygen atoms in total. The van der Waals surface area contributed by atoms with Crippen LogP contribution in [-0.4, -0.2) is 32.6 Å². The third-order valence-electron chi connectivity index (χ3n) is 6.62. The van der Waals surface area contributed by atoms with Crippen LogP contribution >= 0.6 is 0 Å². The van der Waals surface area contributed by atoms with Crippen molar-refractivity contribution >= 4 is 17.8 Å². The van der Waals surface area contributed by atoms with E-state index in [1.165, 1.54) is 4.90 Å². The molecular weight excluding hydrogens is 438 g/mol. The molecular formula is C28H29N5O2. The number of pyridine rings is 1. The summed E-state index contributed by atoms with van der Waals surface area (Å²) in [6.07, 6.45) is 2.32. The Hall–Kier alpha value is -4.00. The molecule has 2 amide bonds. The Bertz CT molecular complexity index is 1280. The first-order valence-electron chi connectivity index (χ1n) is 11.9. The maximum absolute atomic E-state index is 13.8. The molecule has 2 aliphatic heterocycles. The van der Waals surface area contributed by atoms with Gasteiger partial charge >= 0.3 is 0 Å². The smallest absolute Gasteiger partial charge is 0.262 e. The number of nitrogens with zero attached hydrogens (tertiary/aromatic N) is 4. The number of amides is 2. The number of fused-ring (bicyclic) bond motifs is 1. The van der Waals surface area contributed by atoms with Crippen LogP contribution in [0.25, 0.3) is 0 Å². The summed E-state index contributed by atoms with van der Waals surface area (Å²) in [5.41, 5.74) is 9.55. The first kappa shape index (κ1) is 22.8. The standard InChI is InChI=1S/C28H29N5O2/c1-19(2)15-28(23-11-4-3-5-12-23)26(35)33(27(29)31-28)16-20-8-6-9-21(14-20)25(34)32-17-22-10-7-13-30-24(22)18-32/h3-14,19H,15-18H2,1-2H3,(H2,29,31). The second-order valence-electron chi connectivity index (χ2n) is 9.66. The number of guanidine groups is 1. The van der Waals surface area contributed by atoms with Crippen molar-refractivity contribution < 1.29 is 9.59 Å². The maximum atomic E-state index is 13.8. The maximum Gasteiger partial charge on any atom is 0.262 e. The summed E-state index contributed by atoms with van der Waals surface area (Å²) in [6, 6.07) is 20.9. The van der Waals surface area contributed by atoms with E-state index in [0.717, 1.165) is 22.4 Å². The van der Waals surface area contributed by atoms with E-state index >= 15 is 0 Å². The highest BCUT2D eigenvalue weighted by Crippen LogP contribution is 2.39. The van der Waals surface area contributed by atoms with Gasteiger partial charge in [-0.3, -0.25) is 19.5 Å². The molecule has 1 atom stereocenters. The monoisotopic (exact) mass is 467 g/mol. The predicted molar refractivity (Wildman–Crippen MR) is 134 cm³/mol. The zero-order valence-corrected chi connectivity index (χ0v) is 20.0. The number of carbonyl (C=O) groups excluding carboxylic acids is 2. The van der Waals surface area contributed by atoms with E-state index in [-0.39, 0.29) is 30.2 Å². The van der Waals surface area contributed by atoms with E-state index in [0.29, 0.717) is 25.1 Å². The normalized spacial score (nSPS) is 19.3. The van der Waals surface area contributed by atoms with E-state index in [1.807, 2.05) is 60.7 Å². The Kier molecular flexibility index (Phi) is 5.84. The molecule has 5 rings (SSSR count). The number of hydrogen-bond donors (Lipinski definition) is 1. The average Bonchev–Trinajstić information content (AvgIpc) is 3.39. The Morgan fingerprint density at radius 2 is 1.86 bits per heavy atom. The van der Waals surface area contributed by atoms with Gasteiger partial charge in [0, 0.05) is 18.3 Å². The topological polar surface area (TPSA) is 91.9 Å². The van der Waals surface area contributed by atoms with Crippen LogP contribution in [-0.2, 0) is 30.0 Å². The van der Waals surface area contributed by atoms with Crippen LogP contribution in [0.3, 0.4) is 0 Å². The average molecular weight is 468 g/mol. The number of hydrogen-bond acceptors (Lipinski definition) is 5. The summed E-state index contributed by atoms with van der Waals surface area (Å²) >= 11 is 0. The lowest BCUT2D eigenvalue weighted by molar-refractivity contribution is -0.132. The van der Waals surface area contributed by atoms with Crippen LogP contribution in [0.5, 0.6) is 0 Å². The van der Waals surface area contributed by atoms with Gasteiger partial charge in [-0.2, -0.15) is 0 Å². The largest absolute Gasteiger partial charge is 0.369 e. The molecule has 0 saturated carbocycles. The van der Waals surface area contributed by atoms with Crippen molar-refractivity contribution in [3.63, 3.8) is 0 Å². The van der Waals surface area contributed by atoms with Gasteiger partial charge in [-0.05, 0) is 47.2 Å². The SMILES string of the molecule is CC(C)CC1(c2ccccc2)N=C(N)N(Cc2cccc(C(=O)N3Cc4cccnc4C3)c2)C1=O. The van der Waals surface area contributed by atoms with Crippen LogP contribution in [0.4, 0.5) is 0 Å². The lowest BCUT2D eigenvalue weighted by Crippen LogP contribution is -2.43. The summed E-state index contributed by atoms with van der Waals surface area (Å²) in [4.78, 5) is 39.4. The Balaban J connectivity index is 1.37. The molecule has 2 N–H and O–H groups in total. The van der Waals surface area contributed by atoms with E-state index in [2.05, 4.69) is 18.8 Å². The van der Waals surface area contributed by atoms with Gasteiger partial charge in [-0.1, -0.05) is 62.4 Å². The summed E-state index contributed by atoms with van der Waals surface area (Å²) in [6.45, 7) is 5.45. The van der Waals surface area contributed by atoms with Crippen molar-refractivity contribution in [3.05, 3.63) is 101 Å². The van der Waals surface area contributed by atoms with Gasteiger partial charge in [0.15, 0.2) is 11.5 Å². The molecule has 0 spiro atoms. The molecule has 0 radical (unpaired) electrons. The lowest BCUT2D eigenvalue weighted by atomic mass is 9.82. The highest BCUT2D eigenvalue weighted by molar-refractivity contribution is 6.07. The molecule has 178 valence electrons. The van der Waals surface area contributed by atoms with Crippen molar-refractivity contribution in [1.82, 2.24) is 14.8 Å². The summed E-state index contributed by atoms with van der Waals surface area (Å²) in [5.74, 6) is 0.262. The molecule has 0 saturated heterocycles. The zero-order valence-electron chi connectivity index (χ0n) is 20.0. The first-order chi connectivity index (χ1) is 16.9. The number of nitrogens with two attached hydrogens (primary N) is 1. The third-order valence-corrected chi connectivity index (χ3v) is 6.62. The van der Waals surface area contributed by atoms with Gasteiger partial charge in [-0.25, -0.2) is 4.99 Å². The van der Waals surface area contributed by atoms with Crippen LogP contribution in [0.2, 0.25) is 0 Å². The minimum absolute atomic E-state index is 0.0577. The summed E-state index contributed by atoms with van der Waals surface area (Å²) in [5, 5.41) is 0. The van der Waals surface area contributed by atoms with E-state index in [9.17, 15) is 9.59 Å². The highest BCUT2D eigenvalue weighted by atomic mass is 16.2. The fourth-order valence-electron chi connectivity index (χ4n) is 5.04. The predicted octanol–water partition coefficient (Wildman–Crippen LogP) is 3.84. The number of benzene rings is 2. The van der Waals surface area contributed by atoms with E-state index in [1.54, 1.807) is 17.2 Å². The fourth-order valence-corrected chi connectivity index (χ4v) is 5.04. The van der Waals surface area contributed by atoms with E-state index < -0.39 is 5.54 Å². The first-order valence-corrected chi connectivity index (χ1v) is 11.9. The van der Waals surface area contributed by atoms with Gasteiger partial charge < -0.3 is 10.6 Å². The third kappa shape index (κ3) is 4.18. The van der Waals surface area contributed by atoms with Gasteiger partial charge in [-0.15, -0.1) is 0 Å². The van der Waals surface area contributed by atoms with Gasteiger partial charge in [0.05, 0.1) is 18.8 Å². The van der Waals surface area contributed by atoms with Gasteiger partial charge in [0.2, 0.25) is 0 Å². The molecule has 0 bridgehead atoms. The van der Waals surface area contributed by atoms with Crippen molar-refractivity contribution in [2.45, 2.75) is 45.4 Å². The molecule has 0 aliphatic carbocycles. The summed E-state index contributed by atoms with van der Waals surface area (Å²) < 4.78 is 0. The number of aromatic nitrogens is 1. The number of aliphatic imine (C=N–C) groups is 1. The van der Waals surface area contributed by atoms with Crippen molar-refractivity contribution in [2.24, 2.45) is 16.6 Å². The quantitative estimate of drug-likeness (QED) is 0.596. The molecule has 7 heteroatoms. The number of rotatable bonds is 6. The Labute approximate surface area is 205 Å². The molecule has 2 aliphatic rings. The van der Waals surface area contributed by atoms with Crippen molar-refractivity contribution in [3.8, 4) is 0 Å². The Morgan fingerprint density at radius 3 is 2.60 bits per heavy atom. The lowest BCUT2D eigenvalue weighted by Gasteiger charge is -2.28. The molecule has 35 heavy (non-hydrogen) atoms. The van der Waals surface area contributed by atoms with Gasteiger partial charge in [0.1, 0.15) is 0 Å². The van der Waals surface area contributed by atoms with Crippen LogP contribution in [0.1, 0.15) is 53.0 Å². The fraction of sp³-hybridized carbons (Fsp3) is 0.286. The zero-order chi connectivity index (χ0) is 24.6. The molecule has 1 unspecified atom stereocenters. The second kappa shape index (κ2) is 8.98. The molecule has 0 fully saturated rings. The van der Waals surface area contributed by atoms with Crippen molar-refractivity contribution in [2.75, 3.05) is 0 Å². The van der Waals surface area contributed by atoms with Gasteiger partial charge in [0.25, 0.3) is 11.8 Å². The van der Waals surface area contributed by atoms with Crippen LogP contribution < -0.4 is 5.73 Å². The van der Waals surface area contributed by atoms with Crippen LogP contribution in [0.15, 0.2) is 77.9 Å². The minimum atomic E-state index is -1.03. The van der Waals surface area contributed by atoms with E-state index in [4.69, 9.17) is 10.7 Å². The molecule has 2 aromatic carbocycles. The molecule has 3 aromatic rings. The highest BCUT2D eigenvalue weighted by Gasteiger charge is 2.49. The minimum Gasteiger partial charge on any atom is -0.369 e. The number of carbonyl (C=O) groups is 2. The summed E-state index contributed by atoms with van der Waals surface area (Å²) in [7, 11) is 0.